The number of hydrogen-bond donors (Lipinski definition) is 2. The molecule has 3 nitrogen and oxygen atoms in total. The summed E-state index contributed by atoms with van der Waals surface area (Å²) in [5.41, 5.74) is 0.111. The summed E-state index contributed by atoms with van der Waals surface area (Å²) in [5, 5.41) is 3.21. The summed E-state index contributed by atoms with van der Waals surface area (Å²) >= 11 is 4.13. The summed E-state index contributed by atoms with van der Waals surface area (Å²) in [6, 6.07) is 4.31. The molecule has 1 heterocycles. The van der Waals surface area contributed by atoms with E-state index in [1.54, 1.807) is 11.0 Å². The molecule has 17 heavy (non-hydrogen) atoms. The number of amides is 1. The van der Waals surface area contributed by atoms with E-state index in [0.29, 0.717) is 18.0 Å². The molecule has 1 aromatic rings. The second kappa shape index (κ2) is 5.51. The maximum absolute atomic E-state index is 13.6. The summed E-state index contributed by atoms with van der Waals surface area (Å²) in [7, 11) is 0. The van der Waals surface area contributed by atoms with Crippen molar-refractivity contribution in [1.82, 2.24) is 10.2 Å². The molecule has 1 aliphatic rings. The molecule has 1 amide bonds. The van der Waals surface area contributed by atoms with Crippen LogP contribution in [0.1, 0.15) is 16.8 Å². The van der Waals surface area contributed by atoms with Gasteiger partial charge in [-0.2, -0.15) is 0 Å². The molecule has 92 valence electrons. The molecule has 0 radical (unpaired) electrons. The van der Waals surface area contributed by atoms with Gasteiger partial charge in [-0.15, -0.1) is 12.6 Å². The molecule has 2 rings (SSSR count). The largest absolute Gasteiger partial charge is 0.337 e. The third-order valence-corrected chi connectivity index (χ3v) is 3.09. The Bertz CT molecular complexity index is 417. The lowest BCUT2D eigenvalue weighted by Gasteiger charge is -2.20. The van der Waals surface area contributed by atoms with Crippen LogP contribution in [0, 0.1) is 5.82 Å². The van der Waals surface area contributed by atoms with Crippen molar-refractivity contribution in [3.05, 3.63) is 29.6 Å². The van der Waals surface area contributed by atoms with Gasteiger partial charge in [0.25, 0.3) is 5.91 Å². The van der Waals surface area contributed by atoms with Crippen molar-refractivity contribution in [2.75, 3.05) is 26.2 Å². The molecule has 1 fully saturated rings. The standard InChI is InChI=1S/C12H15FN2OS/c13-11-3-2-9(17)8-10(11)12(16)15-6-1-4-14-5-7-15/h2-3,8,14,17H,1,4-7H2. The van der Waals surface area contributed by atoms with E-state index in [4.69, 9.17) is 0 Å². The highest BCUT2D eigenvalue weighted by atomic mass is 32.1. The quantitative estimate of drug-likeness (QED) is 0.745. The maximum Gasteiger partial charge on any atom is 0.256 e. The molecule has 0 bridgehead atoms. The third kappa shape index (κ3) is 2.98. The molecule has 1 aliphatic heterocycles. The van der Waals surface area contributed by atoms with Gasteiger partial charge in [0.15, 0.2) is 0 Å². The minimum absolute atomic E-state index is 0.111. The van der Waals surface area contributed by atoms with Gasteiger partial charge in [0.2, 0.25) is 0 Å². The normalized spacial score (nSPS) is 16.7. The Morgan fingerprint density at radius 2 is 2.18 bits per heavy atom. The average molecular weight is 254 g/mol. The van der Waals surface area contributed by atoms with Crippen LogP contribution in [0.15, 0.2) is 23.1 Å². The summed E-state index contributed by atoms with van der Waals surface area (Å²) < 4.78 is 13.6. The van der Waals surface area contributed by atoms with E-state index in [-0.39, 0.29) is 11.5 Å². The van der Waals surface area contributed by atoms with Crippen LogP contribution in [0.4, 0.5) is 4.39 Å². The van der Waals surface area contributed by atoms with E-state index in [0.717, 1.165) is 19.5 Å². The molecule has 0 aliphatic carbocycles. The summed E-state index contributed by atoms with van der Waals surface area (Å²) in [5.74, 6) is -0.730. The summed E-state index contributed by atoms with van der Waals surface area (Å²) in [6.45, 7) is 2.95. The number of halogens is 1. The van der Waals surface area contributed by atoms with Crippen LogP contribution >= 0.6 is 12.6 Å². The highest BCUT2D eigenvalue weighted by molar-refractivity contribution is 7.80. The maximum atomic E-state index is 13.6. The SMILES string of the molecule is O=C(c1cc(S)ccc1F)N1CCCNCC1. The van der Waals surface area contributed by atoms with Crippen LogP contribution < -0.4 is 5.32 Å². The van der Waals surface area contributed by atoms with Crippen molar-refractivity contribution in [3.8, 4) is 0 Å². The van der Waals surface area contributed by atoms with Crippen molar-refractivity contribution in [3.63, 3.8) is 0 Å². The molecule has 1 aromatic carbocycles. The average Bonchev–Trinajstić information content (AvgIpc) is 2.60. The second-order valence-electron chi connectivity index (χ2n) is 4.06. The number of carbonyl (C=O) groups is 1. The van der Waals surface area contributed by atoms with Crippen molar-refractivity contribution in [1.29, 1.82) is 0 Å². The molecule has 1 saturated heterocycles. The minimum atomic E-state index is -0.481. The summed E-state index contributed by atoms with van der Waals surface area (Å²) in [4.78, 5) is 14.4. The van der Waals surface area contributed by atoms with Crippen molar-refractivity contribution in [2.45, 2.75) is 11.3 Å². The van der Waals surface area contributed by atoms with Gasteiger partial charge >= 0.3 is 0 Å². The van der Waals surface area contributed by atoms with Crippen LogP contribution in [-0.4, -0.2) is 37.0 Å². The first-order chi connectivity index (χ1) is 8.18. The highest BCUT2D eigenvalue weighted by Gasteiger charge is 2.20. The van der Waals surface area contributed by atoms with E-state index in [9.17, 15) is 9.18 Å². The Kier molecular flexibility index (Phi) is 4.02. The lowest BCUT2D eigenvalue weighted by atomic mass is 10.2. The van der Waals surface area contributed by atoms with Gasteiger partial charge in [-0.25, -0.2) is 4.39 Å². The first-order valence-corrected chi connectivity index (χ1v) is 6.12. The van der Waals surface area contributed by atoms with E-state index in [2.05, 4.69) is 17.9 Å². The molecular formula is C12H15FN2OS. The van der Waals surface area contributed by atoms with Crippen molar-refractivity contribution >= 4 is 18.5 Å². The molecular weight excluding hydrogens is 239 g/mol. The smallest absolute Gasteiger partial charge is 0.256 e. The molecule has 1 N–H and O–H groups in total. The van der Waals surface area contributed by atoms with Crippen LogP contribution in [0.3, 0.4) is 0 Å². The predicted octanol–water partition coefficient (Wildman–Crippen LogP) is 1.55. The van der Waals surface area contributed by atoms with Crippen molar-refractivity contribution < 1.29 is 9.18 Å². The zero-order valence-electron chi connectivity index (χ0n) is 9.45. The van der Waals surface area contributed by atoms with Crippen LogP contribution in [-0.2, 0) is 0 Å². The Morgan fingerprint density at radius 3 is 3.00 bits per heavy atom. The number of thiol groups is 1. The van der Waals surface area contributed by atoms with E-state index < -0.39 is 5.82 Å². The van der Waals surface area contributed by atoms with Crippen molar-refractivity contribution in [2.24, 2.45) is 0 Å². The first-order valence-electron chi connectivity index (χ1n) is 5.67. The lowest BCUT2D eigenvalue weighted by molar-refractivity contribution is 0.0761. The van der Waals surface area contributed by atoms with Crippen LogP contribution in [0.25, 0.3) is 0 Å². The minimum Gasteiger partial charge on any atom is -0.337 e. The molecule has 0 atom stereocenters. The Hall–Kier alpha value is -1.07. The number of rotatable bonds is 1. The van der Waals surface area contributed by atoms with E-state index in [1.165, 1.54) is 12.1 Å². The van der Waals surface area contributed by atoms with Gasteiger partial charge in [0.05, 0.1) is 5.56 Å². The van der Waals surface area contributed by atoms with Gasteiger partial charge in [-0.05, 0) is 31.2 Å². The monoisotopic (exact) mass is 254 g/mol. The topological polar surface area (TPSA) is 32.3 Å². The number of nitrogens with zero attached hydrogens (tertiary/aromatic N) is 1. The van der Waals surface area contributed by atoms with Gasteiger partial charge in [0, 0.05) is 24.5 Å². The fourth-order valence-corrected chi connectivity index (χ4v) is 2.10. The fourth-order valence-electron chi connectivity index (χ4n) is 1.90. The van der Waals surface area contributed by atoms with Gasteiger partial charge in [-0.3, -0.25) is 4.79 Å². The Morgan fingerprint density at radius 1 is 1.35 bits per heavy atom. The zero-order chi connectivity index (χ0) is 12.3. The summed E-state index contributed by atoms with van der Waals surface area (Å²) in [6.07, 6.45) is 0.897. The predicted molar refractivity (Wildman–Crippen MR) is 67.0 cm³/mol. The first kappa shape index (κ1) is 12.4. The van der Waals surface area contributed by atoms with Crippen LogP contribution in [0.2, 0.25) is 0 Å². The molecule has 0 unspecified atom stereocenters. The highest BCUT2D eigenvalue weighted by Crippen LogP contribution is 2.16. The second-order valence-corrected chi connectivity index (χ2v) is 4.58. The number of nitrogens with one attached hydrogen (secondary N) is 1. The van der Waals surface area contributed by atoms with Gasteiger partial charge in [-0.1, -0.05) is 0 Å². The molecule has 5 heteroatoms. The lowest BCUT2D eigenvalue weighted by Crippen LogP contribution is -2.34. The van der Waals surface area contributed by atoms with Crippen LogP contribution in [0.5, 0.6) is 0 Å². The molecule has 0 aromatic heterocycles. The van der Waals surface area contributed by atoms with E-state index >= 15 is 0 Å². The fraction of sp³-hybridized carbons (Fsp3) is 0.417. The van der Waals surface area contributed by atoms with E-state index in [1.807, 2.05) is 0 Å². The molecule has 0 saturated carbocycles. The third-order valence-electron chi connectivity index (χ3n) is 2.81. The Labute approximate surface area is 105 Å². The number of benzene rings is 1. The number of hydrogen-bond acceptors (Lipinski definition) is 3. The zero-order valence-corrected chi connectivity index (χ0v) is 10.3. The Balaban J connectivity index is 2.20. The molecule has 0 spiro atoms. The van der Waals surface area contributed by atoms with Gasteiger partial charge < -0.3 is 10.2 Å². The van der Waals surface area contributed by atoms with Gasteiger partial charge in [0.1, 0.15) is 5.82 Å². The number of carbonyl (C=O) groups excluding carboxylic acids is 1.